The minimum absolute atomic E-state index is 0.524. The first-order chi connectivity index (χ1) is 3.48. The van der Waals surface area contributed by atoms with E-state index in [1.54, 1.807) is 0 Å². The Labute approximate surface area is 45.1 Å². The maximum absolute atomic E-state index is 11.2. The first-order valence-corrected chi connectivity index (χ1v) is 2.02. The first kappa shape index (κ1) is 7.75. The summed E-state index contributed by atoms with van der Waals surface area (Å²) in [6, 6.07) is 0. The van der Waals surface area contributed by atoms with Gasteiger partial charge in [0.15, 0.2) is 0 Å². The van der Waals surface area contributed by atoms with E-state index in [9.17, 15) is 13.2 Å². The molecule has 49 valence electrons. The van der Waals surface area contributed by atoms with Gasteiger partial charge in [-0.1, -0.05) is 6.92 Å². The SMILES string of the molecule is [CH2]C[C@@H](O)C(F)(F)F. The highest BCUT2D eigenvalue weighted by Gasteiger charge is 2.36. The van der Waals surface area contributed by atoms with Crippen LogP contribution < -0.4 is 0 Å². The fourth-order valence-electron chi connectivity index (χ4n) is 0.164. The van der Waals surface area contributed by atoms with Crippen LogP contribution in [-0.2, 0) is 0 Å². The molecule has 0 amide bonds. The minimum atomic E-state index is -4.50. The van der Waals surface area contributed by atoms with Gasteiger partial charge in [-0.05, 0) is 6.42 Å². The number of hydrogen-bond acceptors (Lipinski definition) is 1. The maximum Gasteiger partial charge on any atom is 0.414 e. The molecule has 0 aliphatic carbocycles. The molecule has 1 N–H and O–H groups in total. The molecular weight excluding hydrogens is 121 g/mol. The van der Waals surface area contributed by atoms with Crippen molar-refractivity contribution in [2.24, 2.45) is 0 Å². The van der Waals surface area contributed by atoms with Crippen LogP contribution >= 0.6 is 0 Å². The molecule has 1 radical (unpaired) electrons. The molecule has 0 saturated carbocycles. The standard InChI is InChI=1S/C4H6F3O/c1-2-3(8)4(5,6)7/h3,8H,1-2H2/t3-/m1/s1. The summed E-state index contributed by atoms with van der Waals surface area (Å²) in [6.45, 7) is 2.88. The van der Waals surface area contributed by atoms with E-state index in [1.165, 1.54) is 0 Å². The molecule has 0 aromatic heterocycles. The van der Waals surface area contributed by atoms with Crippen molar-refractivity contribution in [2.45, 2.75) is 18.7 Å². The van der Waals surface area contributed by atoms with Crippen LogP contribution in [0, 0.1) is 6.92 Å². The molecule has 4 heteroatoms. The Morgan fingerprint density at radius 1 is 1.50 bits per heavy atom. The van der Waals surface area contributed by atoms with Gasteiger partial charge in [-0.25, -0.2) is 0 Å². The van der Waals surface area contributed by atoms with E-state index in [2.05, 4.69) is 6.92 Å². The molecular formula is C4H6F3O. The highest BCUT2D eigenvalue weighted by Crippen LogP contribution is 2.21. The third-order valence-electron chi connectivity index (χ3n) is 0.651. The summed E-state index contributed by atoms with van der Waals surface area (Å²) in [5.74, 6) is 0. The van der Waals surface area contributed by atoms with Gasteiger partial charge in [0.05, 0.1) is 0 Å². The second-order valence-electron chi connectivity index (χ2n) is 1.35. The average Bonchev–Trinajstić information content (AvgIpc) is 1.62. The zero-order chi connectivity index (χ0) is 6.78. The van der Waals surface area contributed by atoms with Crippen molar-refractivity contribution in [3.8, 4) is 0 Å². The van der Waals surface area contributed by atoms with Crippen molar-refractivity contribution < 1.29 is 18.3 Å². The smallest absolute Gasteiger partial charge is 0.384 e. The van der Waals surface area contributed by atoms with Crippen LogP contribution in [0.3, 0.4) is 0 Å². The molecule has 0 heterocycles. The molecule has 0 rings (SSSR count). The summed E-state index contributed by atoms with van der Waals surface area (Å²) in [5.41, 5.74) is 0. The van der Waals surface area contributed by atoms with Crippen LogP contribution in [0.2, 0.25) is 0 Å². The molecule has 8 heavy (non-hydrogen) atoms. The lowest BCUT2D eigenvalue weighted by Gasteiger charge is -2.10. The number of rotatable bonds is 1. The van der Waals surface area contributed by atoms with E-state index in [0.717, 1.165) is 0 Å². The Kier molecular flexibility index (Phi) is 2.27. The largest absolute Gasteiger partial charge is 0.414 e. The Morgan fingerprint density at radius 3 is 1.88 bits per heavy atom. The monoisotopic (exact) mass is 127 g/mol. The number of aliphatic hydroxyl groups excluding tert-OH is 1. The van der Waals surface area contributed by atoms with Crippen molar-refractivity contribution in [1.29, 1.82) is 0 Å². The Hall–Kier alpha value is -0.250. The van der Waals surface area contributed by atoms with E-state index < -0.39 is 18.7 Å². The second-order valence-corrected chi connectivity index (χ2v) is 1.35. The van der Waals surface area contributed by atoms with Crippen LogP contribution in [0.4, 0.5) is 13.2 Å². The topological polar surface area (TPSA) is 20.2 Å². The van der Waals surface area contributed by atoms with Crippen LogP contribution in [0.5, 0.6) is 0 Å². The zero-order valence-electron chi connectivity index (χ0n) is 4.07. The molecule has 0 aliphatic heterocycles. The number of alkyl halides is 3. The summed E-state index contributed by atoms with van der Waals surface area (Å²) in [4.78, 5) is 0. The quantitative estimate of drug-likeness (QED) is 0.559. The van der Waals surface area contributed by atoms with Crippen molar-refractivity contribution in [3.05, 3.63) is 6.92 Å². The van der Waals surface area contributed by atoms with E-state index in [4.69, 9.17) is 5.11 Å². The number of hydrogen-bond donors (Lipinski definition) is 1. The van der Waals surface area contributed by atoms with Crippen molar-refractivity contribution >= 4 is 0 Å². The van der Waals surface area contributed by atoms with Gasteiger partial charge in [-0.2, -0.15) is 13.2 Å². The molecule has 0 fully saturated rings. The van der Waals surface area contributed by atoms with Gasteiger partial charge in [0.25, 0.3) is 0 Å². The summed E-state index contributed by atoms with van der Waals surface area (Å²) < 4.78 is 33.5. The van der Waals surface area contributed by atoms with Gasteiger partial charge in [0, 0.05) is 0 Å². The summed E-state index contributed by atoms with van der Waals surface area (Å²) >= 11 is 0. The van der Waals surface area contributed by atoms with Crippen molar-refractivity contribution in [2.75, 3.05) is 0 Å². The van der Waals surface area contributed by atoms with E-state index in [0.29, 0.717) is 0 Å². The molecule has 0 bridgehead atoms. The van der Waals surface area contributed by atoms with Gasteiger partial charge in [0.2, 0.25) is 0 Å². The summed E-state index contributed by atoms with van der Waals surface area (Å²) in [7, 11) is 0. The molecule has 0 aliphatic rings. The van der Waals surface area contributed by atoms with Crippen LogP contribution in [0.15, 0.2) is 0 Å². The molecule has 0 spiro atoms. The lowest BCUT2D eigenvalue weighted by Crippen LogP contribution is -2.27. The predicted octanol–water partition coefficient (Wildman–Crippen LogP) is 1.13. The second kappa shape index (κ2) is 2.35. The van der Waals surface area contributed by atoms with Gasteiger partial charge in [0.1, 0.15) is 6.10 Å². The summed E-state index contributed by atoms with van der Waals surface area (Å²) in [6.07, 6.45) is -7.28. The van der Waals surface area contributed by atoms with E-state index >= 15 is 0 Å². The fraction of sp³-hybridized carbons (Fsp3) is 0.750. The molecule has 0 aromatic rings. The third-order valence-corrected chi connectivity index (χ3v) is 0.651. The van der Waals surface area contributed by atoms with Crippen LogP contribution in [0.25, 0.3) is 0 Å². The van der Waals surface area contributed by atoms with E-state index in [-0.39, 0.29) is 0 Å². The first-order valence-electron chi connectivity index (χ1n) is 2.02. The lowest BCUT2D eigenvalue weighted by molar-refractivity contribution is -0.202. The molecule has 1 nitrogen and oxygen atoms in total. The van der Waals surface area contributed by atoms with Gasteiger partial charge < -0.3 is 5.11 Å². The van der Waals surface area contributed by atoms with Gasteiger partial charge in [-0.3, -0.25) is 0 Å². The normalized spacial score (nSPS) is 16.1. The van der Waals surface area contributed by atoms with Crippen molar-refractivity contribution in [3.63, 3.8) is 0 Å². The number of halogens is 3. The molecule has 0 aromatic carbocycles. The summed E-state index contributed by atoms with van der Waals surface area (Å²) in [5, 5.41) is 8.01. The van der Waals surface area contributed by atoms with Gasteiger partial charge >= 0.3 is 6.18 Å². The third kappa shape index (κ3) is 2.16. The Morgan fingerprint density at radius 2 is 1.88 bits per heavy atom. The minimum Gasteiger partial charge on any atom is -0.384 e. The molecule has 1 atom stereocenters. The zero-order valence-corrected chi connectivity index (χ0v) is 4.07. The fourth-order valence-corrected chi connectivity index (χ4v) is 0.164. The van der Waals surface area contributed by atoms with E-state index in [1.807, 2.05) is 0 Å². The lowest BCUT2D eigenvalue weighted by atomic mass is 10.3. The number of aliphatic hydroxyl groups is 1. The average molecular weight is 127 g/mol. The van der Waals surface area contributed by atoms with Crippen molar-refractivity contribution in [1.82, 2.24) is 0 Å². The highest BCUT2D eigenvalue weighted by molar-refractivity contribution is 4.64. The Bertz CT molecular complexity index is 68.2. The maximum atomic E-state index is 11.2. The molecule has 0 unspecified atom stereocenters. The molecule has 0 saturated heterocycles. The van der Waals surface area contributed by atoms with Crippen LogP contribution in [0.1, 0.15) is 6.42 Å². The Balaban J connectivity index is 3.62. The highest BCUT2D eigenvalue weighted by atomic mass is 19.4. The van der Waals surface area contributed by atoms with Crippen LogP contribution in [-0.4, -0.2) is 17.4 Å². The van der Waals surface area contributed by atoms with Gasteiger partial charge in [-0.15, -0.1) is 0 Å². The predicted molar refractivity (Wildman–Crippen MR) is 22.0 cm³/mol.